The first-order chi connectivity index (χ1) is 12.8. The van der Waals surface area contributed by atoms with E-state index in [-0.39, 0.29) is 11.8 Å². The lowest BCUT2D eigenvalue weighted by molar-refractivity contribution is 0.0772. The number of aryl methyl sites for hydroxylation is 2. The Morgan fingerprint density at radius 2 is 1.81 bits per heavy atom. The Morgan fingerprint density at radius 1 is 1.11 bits per heavy atom. The largest absolute Gasteiger partial charge is 0.359 e. The van der Waals surface area contributed by atoms with Crippen LogP contribution in [0.1, 0.15) is 53.0 Å². The molecule has 0 saturated heterocycles. The van der Waals surface area contributed by atoms with Gasteiger partial charge >= 0.3 is 0 Å². The number of hydrogen-bond donors (Lipinski definition) is 0. The van der Waals surface area contributed by atoms with Gasteiger partial charge < -0.3 is 9.42 Å². The second-order valence-corrected chi connectivity index (χ2v) is 7.09. The average molecular weight is 364 g/mol. The summed E-state index contributed by atoms with van der Waals surface area (Å²) in [6.07, 6.45) is 0. The van der Waals surface area contributed by atoms with Crippen LogP contribution in [0.25, 0.3) is 11.4 Å². The van der Waals surface area contributed by atoms with E-state index in [0.717, 1.165) is 22.6 Å². The van der Waals surface area contributed by atoms with Gasteiger partial charge in [0, 0.05) is 35.6 Å². The molecule has 0 N–H and O–H groups in total. The topological polar surface area (TPSA) is 72.1 Å². The van der Waals surface area contributed by atoms with Gasteiger partial charge in [-0.15, -0.1) is 0 Å². The fraction of sp³-hybridized carbons (Fsp3) is 0.333. The molecule has 0 fully saturated rings. The van der Waals surface area contributed by atoms with Crippen molar-refractivity contribution in [2.75, 3.05) is 7.05 Å². The summed E-state index contributed by atoms with van der Waals surface area (Å²) in [6, 6.07) is 11.2. The SMILES string of the molecule is Cc1cc(C)nc(-c2cccc(C(=O)N(C)Cc3cc(C(C)C)no3)c2)n1. The molecule has 0 spiro atoms. The number of hydrogen-bond acceptors (Lipinski definition) is 5. The molecule has 6 heteroatoms. The molecule has 0 atom stereocenters. The number of rotatable bonds is 5. The maximum atomic E-state index is 12.8. The molecule has 3 aromatic rings. The van der Waals surface area contributed by atoms with Crippen LogP contribution in [0.15, 0.2) is 40.9 Å². The summed E-state index contributed by atoms with van der Waals surface area (Å²) in [7, 11) is 1.75. The zero-order valence-corrected chi connectivity index (χ0v) is 16.4. The third kappa shape index (κ3) is 4.39. The van der Waals surface area contributed by atoms with Gasteiger partial charge in [0.05, 0.1) is 12.2 Å². The van der Waals surface area contributed by atoms with Crippen LogP contribution in [0.4, 0.5) is 0 Å². The van der Waals surface area contributed by atoms with E-state index in [9.17, 15) is 4.79 Å². The van der Waals surface area contributed by atoms with Crippen LogP contribution in [0.5, 0.6) is 0 Å². The summed E-state index contributed by atoms with van der Waals surface area (Å²) in [6.45, 7) is 8.34. The van der Waals surface area contributed by atoms with E-state index in [1.165, 1.54) is 0 Å². The van der Waals surface area contributed by atoms with Crippen molar-refractivity contribution in [3.8, 4) is 11.4 Å². The van der Waals surface area contributed by atoms with Gasteiger partial charge in [-0.3, -0.25) is 4.79 Å². The normalized spacial score (nSPS) is 11.0. The minimum atomic E-state index is -0.0938. The standard InChI is InChI=1S/C21H24N4O2/c1-13(2)19-11-18(27-24-19)12-25(5)21(26)17-8-6-7-16(10-17)20-22-14(3)9-15(4)23-20/h6-11,13H,12H2,1-5H3. The Morgan fingerprint density at radius 3 is 2.44 bits per heavy atom. The molecule has 0 bridgehead atoms. The van der Waals surface area contributed by atoms with E-state index >= 15 is 0 Å². The number of aromatic nitrogens is 3. The predicted octanol–water partition coefficient (Wildman–Crippen LogP) is 4.14. The highest BCUT2D eigenvalue weighted by atomic mass is 16.5. The highest BCUT2D eigenvalue weighted by molar-refractivity contribution is 5.95. The van der Waals surface area contributed by atoms with Crippen molar-refractivity contribution in [1.29, 1.82) is 0 Å². The molecule has 0 radical (unpaired) electrons. The Kier molecular flexibility index (Phi) is 5.35. The molecule has 27 heavy (non-hydrogen) atoms. The zero-order valence-electron chi connectivity index (χ0n) is 16.4. The summed E-state index contributed by atoms with van der Waals surface area (Å²) < 4.78 is 5.34. The highest BCUT2D eigenvalue weighted by Crippen LogP contribution is 2.20. The summed E-state index contributed by atoms with van der Waals surface area (Å²) in [5.41, 5.74) is 4.10. The molecule has 140 valence electrons. The molecule has 0 saturated carbocycles. The van der Waals surface area contributed by atoms with Gasteiger partial charge in [0.25, 0.3) is 5.91 Å². The van der Waals surface area contributed by atoms with Crippen LogP contribution in [0, 0.1) is 13.8 Å². The molecular weight excluding hydrogens is 340 g/mol. The van der Waals surface area contributed by atoms with Crippen molar-refractivity contribution in [2.45, 2.75) is 40.2 Å². The Balaban J connectivity index is 1.79. The van der Waals surface area contributed by atoms with E-state index in [2.05, 4.69) is 29.0 Å². The van der Waals surface area contributed by atoms with Crippen LogP contribution < -0.4 is 0 Å². The van der Waals surface area contributed by atoms with Gasteiger partial charge in [-0.2, -0.15) is 0 Å². The van der Waals surface area contributed by atoms with Crippen LogP contribution >= 0.6 is 0 Å². The lowest BCUT2D eigenvalue weighted by Gasteiger charge is -2.16. The molecule has 2 aromatic heterocycles. The van der Waals surface area contributed by atoms with Gasteiger partial charge in [-0.25, -0.2) is 9.97 Å². The van der Waals surface area contributed by atoms with Gasteiger partial charge in [0.15, 0.2) is 11.6 Å². The van der Waals surface area contributed by atoms with Gasteiger partial charge in [0.2, 0.25) is 0 Å². The monoisotopic (exact) mass is 364 g/mol. The lowest BCUT2D eigenvalue weighted by Crippen LogP contribution is -2.26. The number of nitrogens with zero attached hydrogens (tertiary/aromatic N) is 4. The third-order valence-corrected chi connectivity index (χ3v) is 4.26. The van der Waals surface area contributed by atoms with Crippen molar-refractivity contribution in [1.82, 2.24) is 20.0 Å². The van der Waals surface area contributed by atoms with E-state index in [1.807, 2.05) is 44.2 Å². The number of amides is 1. The second kappa shape index (κ2) is 7.70. The first-order valence-electron chi connectivity index (χ1n) is 8.97. The van der Waals surface area contributed by atoms with Crippen molar-refractivity contribution < 1.29 is 9.32 Å². The maximum Gasteiger partial charge on any atom is 0.254 e. The first-order valence-corrected chi connectivity index (χ1v) is 8.97. The Labute approximate surface area is 159 Å². The van der Waals surface area contributed by atoms with E-state index < -0.39 is 0 Å². The molecule has 3 rings (SSSR count). The summed E-state index contributed by atoms with van der Waals surface area (Å²) in [5, 5.41) is 4.04. The molecule has 1 aromatic carbocycles. The number of carbonyl (C=O) groups excluding carboxylic acids is 1. The molecule has 0 aliphatic heterocycles. The smallest absolute Gasteiger partial charge is 0.254 e. The minimum absolute atomic E-state index is 0.0938. The average Bonchev–Trinajstić information content (AvgIpc) is 3.09. The van der Waals surface area contributed by atoms with Crippen LogP contribution in [-0.2, 0) is 6.54 Å². The fourth-order valence-corrected chi connectivity index (χ4v) is 2.85. The van der Waals surface area contributed by atoms with Crippen molar-refractivity contribution in [3.63, 3.8) is 0 Å². The molecular formula is C21H24N4O2. The third-order valence-electron chi connectivity index (χ3n) is 4.26. The zero-order chi connectivity index (χ0) is 19.6. The van der Waals surface area contributed by atoms with Crippen LogP contribution in [0.3, 0.4) is 0 Å². The summed E-state index contributed by atoms with van der Waals surface area (Å²) in [4.78, 5) is 23.4. The van der Waals surface area contributed by atoms with Gasteiger partial charge in [-0.1, -0.05) is 31.1 Å². The molecule has 0 aliphatic carbocycles. The Bertz CT molecular complexity index is 942. The maximum absolute atomic E-state index is 12.8. The predicted molar refractivity (Wildman–Crippen MR) is 103 cm³/mol. The molecule has 0 unspecified atom stereocenters. The molecule has 6 nitrogen and oxygen atoms in total. The van der Waals surface area contributed by atoms with Gasteiger partial charge in [0.1, 0.15) is 0 Å². The molecule has 2 heterocycles. The quantitative estimate of drug-likeness (QED) is 0.680. The molecule has 1 amide bonds. The lowest BCUT2D eigenvalue weighted by atomic mass is 10.1. The Hall–Kier alpha value is -3.02. The van der Waals surface area contributed by atoms with Crippen LogP contribution in [0.2, 0.25) is 0 Å². The fourth-order valence-electron chi connectivity index (χ4n) is 2.85. The first kappa shape index (κ1) is 18.8. The van der Waals surface area contributed by atoms with E-state index in [4.69, 9.17) is 4.52 Å². The summed E-state index contributed by atoms with van der Waals surface area (Å²) >= 11 is 0. The molecule has 0 aliphatic rings. The minimum Gasteiger partial charge on any atom is -0.359 e. The number of benzene rings is 1. The van der Waals surface area contributed by atoms with Crippen molar-refractivity contribution >= 4 is 5.91 Å². The van der Waals surface area contributed by atoms with Crippen molar-refractivity contribution in [2.24, 2.45) is 0 Å². The highest BCUT2D eigenvalue weighted by Gasteiger charge is 2.16. The number of carbonyl (C=O) groups is 1. The van der Waals surface area contributed by atoms with Gasteiger partial charge in [-0.05, 0) is 38.0 Å². The van der Waals surface area contributed by atoms with E-state index in [1.54, 1.807) is 18.0 Å². The second-order valence-electron chi connectivity index (χ2n) is 7.09. The van der Waals surface area contributed by atoms with E-state index in [0.29, 0.717) is 23.7 Å². The van der Waals surface area contributed by atoms with Crippen molar-refractivity contribution in [3.05, 3.63) is 64.8 Å². The summed E-state index contributed by atoms with van der Waals surface area (Å²) in [5.74, 6) is 1.49. The van der Waals surface area contributed by atoms with Crippen LogP contribution in [-0.4, -0.2) is 33.0 Å².